The number of amides is 1. The summed E-state index contributed by atoms with van der Waals surface area (Å²) in [4.78, 5) is 24.3. The molecule has 1 unspecified atom stereocenters. The van der Waals surface area contributed by atoms with Crippen LogP contribution in [-0.4, -0.2) is 28.8 Å². The first kappa shape index (κ1) is 18.9. The monoisotopic (exact) mass is 359 g/mol. The minimum Gasteiger partial charge on any atom is -0.494 e. The molecule has 6 heteroatoms. The zero-order valence-corrected chi connectivity index (χ0v) is 15.0. The van der Waals surface area contributed by atoms with Crippen molar-refractivity contribution in [1.29, 1.82) is 0 Å². The predicted molar refractivity (Wildman–Crippen MR) is 99.6 cm³/mol. The standard InChI is InChI=1S/C19H21NO4S/c1-3-11-24-15-8-6-7-14(12-15)20-18(21)16-9-4-5-10-17(16)25-13(2)19(22)23/h4-10,12-13H,3,11H2,1-2H3,(H,20,21)(H,22,23). The van der Waals surface area contributed by atoms with Crippen LogP contribution < -0.4 is 10.1 Å². The van der Waals surface area contributed by atoms with Gasteiger partial charge in [0.15, 0.2) is 0 Å². The fourth-order valence-electron chi connectivity index (χ4n) is 2.08. The van der Waals surface area contributed by atoms with E-state index in [1.165, 1.54) is 0 Å². The van der Waals surface area contributed by atoms with Gasteiger partial charge in [0, 0.05) is 16.6 Å². The number of carbonyl (C=O) groups excluding carboxylic acids is 1. The van der Waals surface area contributed by atoms with Gasteiger partial charge in [-0.1, -0.05) is 25.1 Å². The fourth-order valence-corrected chi connectivity index (χ4v) is 3.01. The first-order chi connectivity index (χ1) is 12.0. The van der Waals surface area contributed by atoms with Gasteiger partial charge < -0.3 is 15.2 Å². The van der Waals surface area contributed by atoms with Gasteiger partial charge in [-0.2, -0.15) is 0 Å². The Morgan fingerprint density at radius 2 is 1.96 bits per heavy atom. The molecule has 0 aliphatic heterocycles. The van der Waals surface area contributed by atoms with Crippen LogP contribution >= 0.6 is 11.8 Å². The molecule has 2 rings (SSSR count). The SMILES string of the molecule is CCCOc1cccc(NC(=O)c2ccccc2SC(C)C(=O)O)c1. The molecular formula is C19H21NO4S. The van der Waals surface area contributed by atoms with E-state index in [1.54, 1.807) is 43.3 Å². The number of nitrogens with one attached hydrogen (secondary N) is 1. The average Bonchev–Trinajstić information content (AvgIpc) is 2.60. The summed E-state index contributed by atoms with van der Waals surface area (Å²) in [5.41, 5.74) is 1.07. The number of benzene rings is 2. The molecule has 25 heavy (non-hydrogen) atoms. The number of thioether (sulfide) groups is 1. The van der Waals surface area contributed by atoms with E-state index >= 15 is 0 Å². The van der Waals surface area contributed by atoms with Crippen LogP contribution in [0.3, 0.4) is 0 Å². The Bertz CT molecular complexity index is 748. The molecule has 0 saturated carbocycles. The summed E-state index contributed by atoms with van der Waals surface area (Å²) >= 11 is 1.15. The van der Waals surface area contributed by atoms with Crippen molar-refractivity contribution in [2.75, 3.05) is 11.9 Å². The van der Waals surface area contributed by atoms with Crippen molar-refractivity contribution >= 4 is 29.3 Å². The van der Waals surface area contributed by atoms with Gasteiger partial charge in [-0.25, -0.2) is 0 Å². The quantitative estimate of drug-likeness (QED) is 0.688. The molecular weight excluding hydrogens is 338 g/mol. The van der Waals surface area contributed by atoms with Crippen LogP contribution in [0.4, 0.5) is 5.69 Å². The molecule has 132 valence electrons. The van der Waals surface area contributed by atoms with E-state index in [0.717, 1.165) is 18.2 Å². The van der Waals surface area contributed by atoms with Crippen molar-refractivity contribution in [3.8, 4) is 5.75 Å². The lowest BCUT2D eigenvalue weighted by molar-refractivity contribution is -0.136. The van der Waals surface area contributed by atoms with E-state index in [2.05, 4.69) is 5.32 Å². The zero-order valence-electron chi connectivity index (χ0n) is 14.2. The molecule has 0 radical (unpaired) electrons. The summed E-state index contributed by atoms with van der Waals surface area (Å²) < 4.78 is 5.57. The van der Waals surface area contributed by atoms with Crippen molar-refractivity contribution in [2.24, 2.45) is 0 Å². The van der Waals surface area contributed by atoms with Gasteiger partial charge in [-0.3, -0.25) is 9.59 Å². The van der Waals surface area contributed by atoms with Gasteiger partial charge in [0.1, 0.15) is 11.0 Å². The molecule has 2 N–H and O–H groups in total. The topological polar surface area (TPSA) is 75.6 Å². The third kappa shape index (κ3) is 5.53. The second-order valence-corrected chi connectivity index (χ2v) is 6.81. The lowest BCUT2D eigenvalue weighted by Gasteiger charge is -2.12. The van der Waals surface area contributed by atoms with Crippen molar-refractivity contribution in [3.05, 3.63) is 54.1 Å². The number of rotatable bonds is 8. The predicted octanol–water partition coefficient (Wildman–Crippen LogP) is 4.29. The summed E-state index contributed by atoms with van der Waals surface area (Å²) in [5, 5.41) is 11.3. The first-order valence-corrected chi connectivity index (χ1v) is 8.92. The maximum atomic E-state index is 12.6. The van der Waals surface area contributed by atoms with Crippen LogP contribution in [0.2, 0.25) is 0 Å². The van der Waals surface area contributed by atoms with Crippen molar-refractivity contribution in [2.45, 2.75) is 30.4 Å². The number of carboxylic acids is 1. The van der Waals surface area contributed by atoms with Crippen LogP contribution in [0.1, 0.15) is 30.6 Å². The highest BCUT2D eigenvalue weighted by Crippen LogP contribution is 2.28. The highest BCUT2D eigenvalue weighted by Gasteiger charge is 2.18. The Morgan fingerprint density at radius 3 is 2.68 bits per heavy atom. The average molecular weight is 359 g/mol. The number of carbonyl (C=O) groups is 2. The lowest BCUT2D eigenvalue weighted by atomic mass is 10.2. The molecule has 2 aromatic carbocycles. The highest BCUT2D eigenvalue weighted by atomic mass is 32.2. The van der Waals surface area contributed by atoms with Gasteiger partial charge in [0.05, 0.1) is 12.2 Å². The smallest absolute Gasteiger partial charge is 0.316 e. The normalized spacial score (nSPS) is 11.6. The Labute approximate surface area is 151 Å². The van der Waals surface area contributed by atoms with Gasteiger partial charge in [-0.05, 0) is 37.6 Å². The summed E-state index contributed by atoms with van der Waals surface area (Å²) in [7, 11) is 0. The van der Waals surface area contributed by atoms with Crippen molar-refractivity contribution in [1.82, 2.24) is 0 Å². The minimum absolute atomic E-state index is 0.284. The van der Waals surface area contributed by atoms with Gasteiger partial charge in [0.25, 0.3) is 5.91 Å². The molecule has 0 aliphatic carbocycles. The van der Waals surface area contributed by atoms with Crippen molar-refractivity contribution in [3.63, 3.8) is 0 Å². The van der Waals surface area contributed by atoms with E-state index in [9.17, 15) is 9.59 Å². The Balaban J connectivity index is 2.14. The minimum atomic E-state index is -0.916. The number of hydrogen-bond donors (Lipinski definition) is 2. The summed E-state index contributed by atoms with van der Waals surface area (Å²) in [6, 6.07) is 14.2. The van der Waals surface area contributed by atoms with E-state index < -0.39 is 11.2 Å². The van der Waals surface area contributed by atoms with E-state index in [4.69, 9.17) is 9.84 Å². The Hall–Kier alpha value is -2.47. The van der Waals surface area contributed by atoms with Crippen molar-refractivity contribution < 1.29 is 19.4 Å². The summed E-state index contributed by atoms with van der Waals surface area (Å²) in [6.07, 6.45) is 0.906. The molecule has 0 heterocycles. The number of hydrogen-bond acceptors (Lipinski definition) is 4. The lowest BCUT2D eigenvalue weighted by Crippen LogP contribution is -2.15. The maximum absolute atomic E-state index is 12.6. The highest BCUT2D eigenvalue weighted by molar-refractivity contribution is 8.00. The molecule has 0 saturated heterocycles. The number of carboxylic acid groups (broad SMARTS) is 1. The van der Waals surface area contributed by atoms with Crippen LogP contribution in [-0.2, 0) is 4.79 Å². The molecule has 0 fully saturated rings. The molecule has 0 bridgehead atoms. The van der Waals surface area contributed by atoms with Crippen LogP contribution in [0.25, 0.3) is 0 Å². The number of anilines is 1. The Morgan fingerprint density at radius 1 is 1.20 bits per heavy atom. The number of aliphatic carboxylic acids is 1. The fraction of sp³-hybridized carbons (Fsp3) is 0.263. The third-order valence-electron chi connectivity index (χ3n) is 3.35. The molecule has 1 atom stereocenters. The third-order valence-corrected chi connectivity index (χ3v) is 4.51. The second-order valence-electron chi connectivity index (χ2n) is 5.42. The van der Waals surface area contributed by atoms with E-state index in [0.29, 0.717) is 28.5 Å². The summed E-state index contributed by atoms with van der Waals surface area (Å²) in [6.45, 7) is 4.23. The van der Waals surface area contributed by atoms with Gasteiger partial charge in [-0.15, -0.1) is 11.8 Å². The summed E-state index contributed by atoms with van der Waals surface area (Å²) in [5.74, 6) is -0.504. The molecule has 2 aromatic rings. The van der Waals surface area contributed by atoms with Crippen LogP contribution in [0.5, 0.6) is 5.75 Å². The van der Waals surface area contributed by atoms with Crippen LogP contribution in [0.15, 0.2) is 53.4 Å². The largest absolute Gasteiger partial charge is 0.494 e. The molecule has 5 nitrogen and oxygen atoms in total. The van der Waals surface area contributed by atoms with E-state index in [1.807, 2.05) is 19.1 Å². The van der Waals surface area contributed by atoms with Crippen LogP contribution in [0, 0.1) is 0 Å². The molecule has 0 aliphatic rings. The molecule has 0 spiro atoms. The maximum Gasteiger partial charge on any atom is 0.316 e. The first-order valence-electron chi connectivity index (χ1n) is 8.04. The molecule has 1 amide bonds. The molecule has 0 aromatic heterocycles. The zero-order chi connectivity index (χ0) is 18.2. The Kier molecular flexibility index (Phi) is 6.89. The second kappa shape index (κ2) is 9.13. The van der Waals surface area contributed by atoms with E-state index in [-0.39, 0.29) is 5.91 Å². The van der Waals surface area contributed by atoms with Gasteiger partial charge >= 0.3 is 5.97 Å². The number of ether oxygens (including phenoxy) is 1. The van der Waals surface area contributed by atoms with Gasteiger partial charge in [0.2, 0.25) is 0 Å².